The van der Waals surface area contributed by atoms with Crippen LogP contribution in [0, 0.1) is 17.3 Å². The summed E-state index contributed by atoms with van der Waals surface area (Å²) in [5.41, 5.74) is 2.45. The molecule has 76 valence electrons. The molecule has 2 aliphatic heterocycles. The molecule has 0 N–H and O–H groups in total. The maximum absolute atomic E-state index is 6.26. The molecule has 3 aliphatic carbocycles. The largest absolute Gasteiger partial charge is 0.371 e. The molecule has 4 fully saturated rings. The van der Waals surface area contributed by atoms with Crippen molar-refractivity contribution < 1.29 is 4.74 Å². The zero-order chi connectivity index (χ0) is 9.55. The Morgan fingerprint density at radius 1 is 1.50 bits per heavy atom. The fourth-order valence-electron chi connectivity index (χ4n) is 5.04. The van der Waals surface area contributed by atoms with Crippen LogP contribution in [-0.2, 0) is 4.74 Å². The third-order valence-electron chi connectivity index (χ3n) is 5.37. The normalized spacial score (nSPS) is 63.3. The summed E-state index contributed by atoms with van der Waals surface area (Å²) in [5, 5.41) is 0. The third kappa shape index (κ3) is 0.670. The van der Waals surface area contributed by atoms with Gasteiger partial charge in [-0.15, -0.1) is 0 Å². The molecule has 1 nitrogen and oxygen atoms in total. The van der Waals surface area contributed by atoms with Crippen LogP contribution in [0.3, 0.4) is 0 Å². The number of ether oxygens (including phenoxy) is 1. The van der Waals surface area contributed by atoms with Gasteiger partial charge in [-0.3, -0.25) is 0 Å². The van der Waals surface area contributed by atoms with Gasteiger partial charge in [0.1, 0.15) is 0 Å². The second kappa shape index (κ2) is 1.97. The first kappa shape index (κ1) is 7.92. The van der Waals surface area contributed by atoms with Crippen LogP contribution in [0.25, 0.3) is 0 Å². The molecule has 2 saturated carbocycles. The van der Waals surface area contributed by atoms with Gasteiger partial charge in [-0.1, -0.05) is 11.6 Å². The van der Waals surface area contributed by atoms with Crippen molar-refractivity contribution in [2.24, 2.45) is 17.3 Å². The first-order valence-corrected chi connectivity index (χ1v) is 5.98. The van der Waals surface area contributed by atoms with Gasteiger partial charge in [0.15, 0.2) is 0 Å². The molecule has 0 aromatic carbocycles. The van der Waals surface area contributed by atoms with Gasteiger partial charge in [0.05, 0.1) is 11.7 Å². The van der Waals surface area contributed by atoms with Gasteiger partial charge in [0.2, 0.25) is 0 Å². The molecular weight excluding hydrogens is 172 g/mol. The first-order chi connectivity index (χ1) is 6.61. The van der Waals surface area contributed by atoms with E-state index in [1.165, 1.54) is 25.7 Å². The molecular formula is C13H18O. The summed E-state index contributed by atoms with van der Waals surface area (Å²) >= 11 is 0. The highest BCUT2D eigenvalue weighted by Gasteiger charge is 2.67. The molecule has 0 radical (unpaired) electrons. The predicted octanol–water partition coefficient (Wildman–Crippen LogP) is 2.91. The van der Waals surface area contributed by atoms with Gasteiger partial charge in [-0.25, -0.2) is 0 Å². The molecule has 1 heteroatoms. The second-order valence-electron chi connectivity index (χ2n) is 6.32. The summed E-state index contributed by atoms with van der Waals surface area (Å²) < 4.78 is 6.26. The van der Waals surface area contributed by atoms with Crippen molar-refractivity contribution in [3.8, 4) is 0 Å². The maximum Gasteiger partial charge on any atom is 0.0696 e. The molecule has 2 heterocycles. The van der Waals surface area contributed by atoms with Gasteiger partial charge < -0.3 is 4.74 Å². The molecule has 0 aromatic rings. The predicted molar refractivity (Wildman–Crippen MR) is 54.9 cm³/mol. The summed E-state index contributed by atoms with van der Waals surface area (Å²) in [6.45, 7) is 4.66. The molecule has 5 atom stereocenters. The van der Waals surface area contributed by atoms with E-state index in [1.54, 1.807) is 5.57 Å². The Morgan fingerprint density at radius 2 is 2.36 bits per heavy atom. The minimum Gasteiger partial charge on any atom is -0.371 e. The summed E-state index contributed by atoms with van der Waals surface area (Å²) in [6, 6.07) is 0. The highest BCUT2D eigenvalue weighted by Crippen LogP contribution is 2.69. The Hall–Kier alpha value is -0.300. The SMILES string of the molecule is CC1=C[C@]23C[C@H]4C[C@H](O[C@@]4(C)C2)[C@H]3C1. The lowest BCUT2D eigenvalue weighted by Gasteiger charge is -2.42. The van der Waals surface area contributed by atoms with Crippen LogP contribution in [0.1, 0.15) is 39.5 Å². The van der Waals surface area contributed by atoms with E-state index in [2.05, 4.69) is 19.9 Å². The minimum atomic E-state index is 0.252. The number of allylic oxidation sites excluding steroid dienone is 2. The van der Waals surface area contributed by atoms with Crippen LogP contribution < -0.4 is 0 Å². The molecule has 0 amide bonds. The lowest BCUT2D eigenvalue weighted by Crippen LogP contribution is -2.42. The van der Waals surface area contributed by atoms with Gasteiger partial charge in [-0.05, 0) is 56.8 Å². The second-order valence-corrected chi connectivity index (χ2v) is 6.32. The Kier molecular flexibility index (Phi) is 1.12. The Labute approximate surface area is 85.5 Å². The zero-order valence-electron chi connectivity index (χ0n) is 9.05. The number of hydrogen-bond acceptors (Lipinski definition) is 1. The fraction of sp³-hybridized carbons (Fsp3) is 0.846. The van der Waals surface area contributed by atoms with Gasteiger partial charge in [0.25, 0.3) is 0 Å². The fourth-order valence-corrected chi connectivity index (χ4v) is 5.04. The summed E-state index contributed by atoms with van der Waals surface area (Å²) in [5.74, 6) is 1.71. The van der Waals surface area contributed by atoms with Crippen molar-refractivity contribution in [1.82, 2.24) is 0 Å². The number of rotatable bonds is 0. The topological polar surface area (TPSA) is 9.23 Å². The number of hydrogen-bond donors (Lipinski definition) is 0. The van der Waals surface area contributed by atoms with Crippen molar-refractivity contribution in [3.05, 3.63) is 11.6 Å². The van der Waals surface area contributed by atoms with E-state index < -0.39 is 0 Å². The Morgan fingerprint density at radius 3 is 3.14 bits per heavy atom. The molecule has 5 aliphatic rings. The van der Waals surface area contributed by atoms with Crippen LogP contribution in [-0.4, -0.2) is 11.7 Å². The van der Waals surface area contributed by atoms with Crippen LogP contribution in [0.2, 0.25) is 0 Å². The van der Waals surface area contributed by atoms with E-state index in [0.717, 1.165) is 11.8 Å². The molecule has 0 aromatic heterocycles. The molecule has 2 saturated heterocycles. The average Bonchev–Trinajstić information content (AvgIpc) is 2.57. The van der Waals surface area contributed by atoms with Crippen molar-refractivity contribution in [2.75, 3.05) is 0 Å². The van der Waals surface area contributed by atoms with E-state index in [4.69, 9.17) is 4.74 Å². The molecule has 4 bridgehead atoms. The first-order valence-electron chi connectivity index (χ1n) is 5.98. The maximum atomic E-state index is 6.26. The van der Waals surface area contributed by atoms with Crippen molar-refractivity contribution in [1.29, 1.82) is 0 Å². The van der Waals surface area contributed by atoms with E-state index in [0.29, 0.717) is 11.5 Å². The van der Waals surface area contributed by atoms with E-state index in [-0.39, 0.29) is 5.60 Å². The van der Waals surface area contributed by atoms with Crippen molar-refractivity contribution in [3.63, 3.8) is 0 Å². The van der Waals surface area contributed by atoms with E-state index in [9.17, 15) is 0 Å². The Balaban J connectivity index is 1.87. The van der Waals surface area contributed by atoms with Crippen molar-refractivity contribution in [2.45, 2.75) is 51.2 Å². The smallest absolute Gasteiger partial charge is 0.0696 e. The molecule has 0 unspecified atom stereocenters. The van der Waals surface area contributed by atoms with Crippen LogP contribution in [0.4, 0.5) is 0 Å². The quantitative estimate of drug-likeness (QED) is 0.534. The van der Waals surface area contributed by atoms with Crippen LogP contribution in [0.15, 0.2) is 11.6 Å². The molecule has 1 spiro atoms. The lowest BCUT2D eigenvalue weighted by molar-refractivity contribution is -0.114. The zero-order valence-corrected chi connectivity index (χ0v) is 9.05. The summed E-state index contributed by atoms with van der Waals surface area (Å²) in [6.07, 6.45) is 8.59. The third-order valence-corrected chi connectivity index (χ3v) is 5.37. The molecule has 5 rings (SSSR count). The van der Waals surface area contributed by atoms with Crippen LogP contribution >= 0.6 is 0 Å². The van der Waals surface area contributed by atoms with Gasteiger partial charge >= 0.3 is 0 Å². The lowest BCUT2D eigenvalue weighted by atomic mass is 9.68. The highest BCUT2D eigenvalue weighted by molar-refractivity contribution is 5.29. The Bertz CT molecular complexity index is 345. The summed E-state index contributed by atoms with van der Waals surface area (Å²) in [4.78, 5) is 0. The summed E-state index contributed by atoms with van der Waals surface area (Å²) in [7, 11) is 0. The van der Waals surface area contributed by atoms with E-state index >= 15 is 0 Å². The van der Waals surface area contributed by atoms with Crippen LogP contribution in [0.5, 0.6) is 0 Å². The molecule has 14 heavy (non-hydrogen) atoms. The van der Waals surface area contributed by atoms with Gasteiger partial charge in [-0.2, -0.15) is 0 Å². The van der Waals surface area contributed by atoms with Crippen molar-refractivity contribution >= 4 is 0 Å². The standard InChI is InChI=1S/C13H18O/c1-8-3-10-11-4-9-6-13(10,5-8)7-12(9,2)14-11/h5,9-11H,3-4,6-7H2,1-2H3/t9-,10-,11+,12+,13+/m1/s1. The average molecular weight is 190 g/mol. The highest BCUT2D eigenvalue weighted by atomic mass is 16.5. The van der Waals surface area contributed by atoms with E-state index in [1.807, 2.05) is 0 Å². The van der Waals surface area contributed by atoms with Gasteiger partial charge in [0, 0.05) is 0 Å². The monoisotopic (exact) mass is 190 g/mol. The minimum absolute atomic E-state index is 0.252.